The Balaban J connectivity index is 2.33. The monoisotopic (exact) mass is 319 g/mol. The van der Waals surface area contributed by atoms with E-state index in [0.717, 1.165) is 13.1 Å². The van der Waals surface area contributed by atoms with Crippen molar-refractivity contribution in [2.45, 2.75) is 84.6 Å². The van der Waals surface area contributed by atoms with Gasteiger partial charge in [0.25, 0.3) is 8.53 Å². The van der Waals surface area contributed by atoms with Crippen LogP contribution in [0.25, 0.3) is 0 Å². The van der Waals surface area contributed by atoms with Gasteiger partial charge in [0.2, 0.25) is 0 Å². The largest absolute Gasteiger partial charge is 0.341 e. The summed E-state index contributed by atoms with van der Waals surface area (Å²) in [5.74, 6) is -0.605. The average Bonchev–Trinajstić information content (AvgIpc) is 2.64. The fourth-order valence-corrected chi connectivity index (χ4v) is 4.61. The molecule has 2 aliphatic rings. The van der Waals surface area contributed by atoms with Gasteiger partial charge in [-0.05, 0) is 41.5 Å². The van der Waals surface area contributed by atoms with E-state index in [-0.39, 0.29) is 12.2 Å². The normalized spacial score (nSPS) is 37.3. The van der Waals surface area contributed by atoms with Gasteiger partial charge < -0.3 is 18.5 Å². The number of ether oxygens (including phenoxy) is 2. The fourth-order valence-electron chi connectivity index (χ4n) is 2.87. The molecule has 0 aliphatic carbocycles. The Hall–Kier alpha value is 0.230. The van der Waals surface area contributed by atoms with E-state index in [2.05, 4.69) is 46.2 Å². The molecule has 2 saturated heterocycles. The number of rotatable bonds is 3. The standard InChI is InChI=1S/C15H30NO4P/c1-9-16(10-2)21-19-13(3,4)11-12(14(5,6)20-21)18-15(7,8)17-11/h11-12H,9-10H2,1-8H3. The third kappa shape index (κ3) is 3.44. The lowest BCUT2D eigenvalue weighted by atomic mass is 9.88. The predicted octanol–water partition coefficient (Wildman–Crippen LogP) is 3.68. The molecular weight excluding hydrogens is 289 g/mol. The highest BCUT2D eigenvalue weighted by Crippen LogP contribution is 2.57. The van der Waals surface area contributed by atoms with E-state index < -0.39 is 25.5 Å². The first kappa shape index (κ1) is 17.6. The van der Waals surface area contributed by atoms with Crippen LogP contribution in [0.5, 0.6) is 0 Å². The fraction of sp³-hybridized carbons (Fsp3) is 1.00. The highest BCUT2D eigenvalue weighted by atomic mass is 31.2. The molecular formula is C15H30NO4P. The molecule has 2 rings (SSSR count). The van der Waals surface area contributed by atoms with Gasteiger partial charge in [0, 0.05) is 13.1 Å². The summed E-state index contributed by atoms with van der Waals surface area (Å²) in [5.41, 5.74) is -0.916. The number of fused-ring (bicyclic) bond motifs is 1. The van der Waals surface area contributed by atoms with Crippen molar-refractivity contribution in [2.75, 3.05) is 13.1 Å². The summed E-state index contributed by atoms with van der Waals surface area (Å²) in [6.45, 7) is 18.2. The average molecular weight is 319 g/mol. The molecule has 0 radical (unpaired) electrons. The van der Waals surface area contributed by atoms with Gasteiger partial charge in [0.05, 0.1) is 11.2 Å². The minimum absolute atomic E-state index is 0.148. The number of nitrogens with zero attached hydrogens (tertiary/aromatic N) is 1. The van der Waals surface area contributed by atoms with Crippen molar-refractivity contribution in [3.05, 3.63) is 0 Å². The Morgan fingerprint density at radius 2 is 1.19 bits per heavy atom. The zero-order valence-electron chi connectivity index (χ0n) is 14.6. The van der Waals surface area contributed by atoms with Gasteiger partial charge in [-0.25, -0.2) is 4.67 Å². The molecule has 5 nitrogen and oxygen atoms in total. The van der Waals surface area contributed by atoms with E-state index in [0.29, 0.717) is 0 Å². The Kier molecular flexibility index (Phi) is 4.77. The minimum atomic E-state index is -1.12. The summed E-state index contributed by atoms with van der Waals surface area (Å²) in [6, 6.07) is 0. The summed E-state index contributed by atoms with van der Waals surface area (Å²) >= 11 is 0. The topological polar surface area (TPSA) is 40.2 Å². The second-order valence-electron chi connectivity index (χ2n) is 7.24. The van der Waals surface area contributed by atoms with Crippen LogP contribution in [0.15, 0.2) is 0 Å². The zero-order valence-corrected chi connectivity index (χ0v) is 15.5. The molecule has 0 bridgehead atoms. The predicted molar refractivity (Wildman–Crippen MR) is 84.0 cm³/mol. The molecule has 2 heterocycles. The van der Waals surface area contributed by atoms with Gasteiger partial charge in [-0.2, -0.15) is 0 Å². The molecule has 0 saturated carbocycles. The highest BCUT2D eigenvalue weighted by molar-refractivity contribution is 7.44. The summed E-state index contributed by atoms with van der Waals surface area (Å²) in [7, 11) is -1.12. The zero-order chi connectivity index (χ0) is 16.1. The minimum Gasteiger partial charge on any atom is -0.341 e. The van der Waals surface area contributed by atoms with Crippen molar-refractivity contribution in [3.63, 3.8) is 0 Å². The maximum atomic E-state index is 6.35. The smallest absolute Gasteiger partial charge is 0.259 e. The summed E-state index contributed by atoms with van der Waals surface area (Å²) in [6.07, 6.45) is -0.295. The van der Waals surface area contributed by atoms with E-state index in [9.17, 15) is 0 Å². The van der Waals surface area contributed by atoms with Crippen molar-refractivity contribution < 1.29 is 18.5 Å². The maximum Gasteiger partial charge on any atom is 0.259 e. The van der Waals surface area contributed by atoms with Gasteiger partial charge in [0.15, 0.2) is 5.79 Å². The van der Waals surface area contributed by atoms with Crippen molar-refractivity contribution in [1.29, 1.82) is 0 Å². The highest BCUT2D eigenvalue weighted by Gasteiger charge is 2.59. The van der Waals surface area contributed by atoms with Crippen LogP contribution in [0.2, 0.25) is 0 Å². The molecule has 6 heteroatoms. The van der Waals surface area contributed by atoms with Crippen LogP contribution in [0.4, 0.5) is 0 Å². The van der Waals surface area contributed by atoms with Gasteiger partial charge >= 0.3 is 0 Å². The molecule has 21 heavy (non-hydrogen) atoms. The lowest BCUT2D eigenvalue weighted by Gasteiger charge is -2.36. The van der Waals surface area contributed by atoms with Crippen LogP contribution < -0.4 is 0 Å². The van der Waals surface area contributed by atoms with Crippen LogP contribution >= 0.6 is 8.53 Å². The molecule has 2 atom stereocenters. The van der Waals surface area contributed by atoms with Crippen molar-refractivity contribution >= 4 is 8.53 Å². The molecule has 2 fully saturated rings. The lowest BCUT2D eigenvalue weighted by Crippen LogP contribution is -2.50. The molecule has 0 N–H and O–H groups in total. The second-order valence-corrected chi connectivity index (χ2v) is 8.65. The molecule has 0 aromatic heterocycles. The summed E-state index contributed by atoms with van der Waals surface area (Å²) in [5, 5.41) is 0. The van der Waals surface area contributed by atoms with Crippen LogP contribution in [0, 0.1) is 0 Å². The molecule has 0 aromatic carbocycles. The first-order chi connectivity index (χ1) is 9.52. The third-order valence-corrected chi connectivity index (χ3v) is 6.34. The van der Waals surface area contributed by atoms with E-state index in [1.807, 2.05) is 13.8 Å². The molecule has 0 amide bonds. The van der Waals surface area contributed by atoms with E-state index in [4.69, 9.17) is 18.5 Å². The third-order valence-electron chi connectivity index (χ3n) is 4.05. The van der Waals surface area contributed by atoms with Gasteiger partial charge in [-0.1, -0.05) is 13.8 Å². The quantitative estimate of drug-likeness (QED) is 0.742. The van der Waals surface area contributed by atoms with Gasteiger partial charge in [-0.3, -0.25) is 0 Å². The van der Waals surface area contributed by atoms with Crippen LogP contribution in [0.1, 0.15) is 55.4 Å². The molecule has 2 unspecified atom stereocenters. The molecule has 2 aliphatic heterocycles. The number of hydrogen-bond acceptors (Lipinski definition) is 5. The number of hydrogen-bond donors (Lipinski definition) is 0. The van der Waals surface area contributed by atoms with E-state index in [1.165, 1.54) is 0 Å². The Bertz CT molecular complexity index is 354. The Morgan fingerprint density at radius 3 is 1.52 bits per heavy atom. The molecule has 0 aromatic rings. The van der Waals surface area contributed by atoms with Crippen molar-refractivity contribution in [3.8, 4) is 0 Å². The van der Waals surface area contributed by atoms with Gasteiger partial charge in [0.1, 0.15) is 12.2 Å². The Labute approximate surface area is 130 Å². The van der Waals surface area contributed by atoms with Gasteiger partial charge in [-0.15, -0.1) is 0 Å². The van der Waals surface area contributed by atoms with Crippen LogP contribution in [0.3, 0.4) is 0 Å². The van der Waals surface area contributed by atoms with E-state index >= 15 is 0 Å². The SMILES string of the molecule is CCN(CC)P1OC(C)(C)C2OC(C)(C)OC2C(C)(C)O1. The second kappa shape index (κ2) is 5.70. The van der Waals surface area contributed by atoms with Crippen molar-refractivity contribution in [2.24, 2.45) is 0 Å². The van der Waals surface area contributed by atoms with E-state index in [1.54, 1.807) is 0 Å². The lowest BCUT2D eigenvalue weighted by molar-refractivity contribution is -0.174. The van der Waals surface area contributed by atoms with Crippen LogP contribution in [-0.4, -0.2) is 47.0 Å². The maximum absolute atomic E-state index is 6.35. The first-order valence-corrected chi connectivity index (χ1v) is 8.94. The molecule has 0 spiro atoms. The van der Waals surface area contributed by atoms with Crippen molar-refractivity contribution in [1.82, 2.24) is 4.67 Å². The summed E-state index contributed by atoms with van der Waals surface area (Å²) in [4.78, 5) is 0. The molecule has 124 valence electrons. The Morgan fingerprint density at radius 1 is 0.810 bits per heavy atom. The van der Waals surface area contributed by atoms with Crippen LogP contribution in [-0.2, 0) is 18.5 Å². The first-order valence-electron chi connectivity index (χ1n) is 7.81. The summed E-state index contributed by atoms with van der Waals surface area (Å²) < 4.78 is 27.2.